The summed E-state index contributed by atoms with van der Waals surface area (Å²) in [6, 6.07) is 10.6. The van der Waals surface area contributed by atoms with E-state index >= 15 is 0 Å². The topological polar surface area (TPSA) is 9.23 Å². The van der Waals surface area contributed by atoms with Crippen LogP contribution in [-0.2, 0) is 4.74 Å². The summed E-state index contributed by atoms with van der Waals surface area (Å²) >= 11 is 2.80. The fraction of sp³-hybridized carbons (Fsp3) is 0.385. The van der Waals surface area contributed by atoms with Gasteiger partial charge in [-0.3, -0.25) is 0 Å². The Bertz CT molecular complexity index is 322. The van der Waals surface area contributed by atoms with E-state index in [0.29, 0.717) is 20.9 Å². The number of rotatable bonds is 6. The molecule has 0 heterocycles. The molecule has 1 aromatic rings. The molecular weight excluding hydrogens is 378 g/mol. The van der Waals surface area contributed by atoms with Crippen LogP contribution in [0.15, 0.2) is 38.9 Å². The van der Waals surface area contributed by atoms with E-state index < -0.39 is 0 Å². The van der Waals surface area contributed by atoms with Crippen molar-refractivity contribution in [1.29, 1.82) is 0 Å². The number of ether oxygens (including phenoxy) is 1. The Morgan fingerprint density at radius 1 is 1.38 bits per heavy atom. The molecule has 1 nitrogen and oxygen atoms in total. The molecule has 0 aliphatic heterocycles. The van der Waals surface area contributed by atoms with Crippen LogP contribution in [0.4, 0.5) is 0 Å². The molecule has 3 heteroatoms. The first kappa shape index (κ1) is 14.2. The van der Waals surface area contributed by atoms with E-state index in [4.69, 9.17) is 4.74 Å². The zero-order chi connectivity index (χ0) is 11.8. The van der Waals surface area contributed by atoms with Crippen LogP contribution in [0, 0.1) is 5.92 Å². The Hall–Kier alpha value is 0.169. The van der Waals surface area contributed by atoms with E-state index in [1.165, 1.54) is 8.04 Å². The Balaban J connectivity index is 2.29. The van der Waals surface area contributed by atoms with Crippen molar-refractivity contribution in [3.8, 4) is 0 Å². The van der Waals surface area contributed by atoms with Crippen molar-refractivity contribution in [3.05, 3.63) is 38.9 Å². The van der Waals surface area contributed by atoms with Gasteiger partial charge in [-0.1, -0.05) is 0 Å². The fourth-order valence-electron chi connectivity index (χ4n) is 1.06. The third-order valence-corrected chi connectivity index (χ3v) is 5.32. The van der Waals surface area contributed by atoms with Gasteiger partial charge in [0.05, 0.1) is 0 Å². The van der Waals surface area contributed by atoms with Crippen LogP contribution in [-0.4, -0.2) is 28.2 Å². The molecule has 0 saturated heterocycles. The van der Waals surface area contributed by atoms with Crippen LogP contribution in [0.25, 0.3) is 0 Å². The molecule has 0 saturated carbocycles. The van der Waals surface area contributed by atoms with Crippen molar-refractivity contribution in [2.75, 3.05) is 13.2 Å². The van der Waals surface area contributed by atoms with Crippen LogP contribution in [0.1, 0.15) is 13.8 Å². The number of halogens is 1. The zero-order valence-corrected chi connectivity index (χ0v) is 13.5. The van der Waals surface area contributed by atoms with Gasteiger partial charge < -0.3 is 0 Å². The van der Waals surface area contributed by atoms with Crippen LogP contribution >= 0.6 is 22.6 Å². The summed E-state index contributed by atoms with van der Waals surface area (Å²) in [4.78, 5) is 2.29. The first-order chi connectivity index (χ1) is 7.68. The van der Waals surface area contributed by atoms with Crippen LogP contribution < -0.4 is 4.46 Å². The quantitative estimate of drug-likeness (QED) is 0.532. The molecule has 16 heavy (non-hydrogen) atoms. The summed E-state index contributed by atoms with van der Waals surface area (Å²) in [5, 5.41) is 0. The molecule has 0 unspecified atom stereocenters. The first-order valence-corrected chi connectivity index (χ1v) is 8.25. The fourth-order valence-corrected chi connectivity index (χ4v) is 3.29. The summed E-state index contributed by atoms with van der Waals surface area (Å²) in [7, 11) is 0. The predicted molar refractivity (Wildman–Crippen MR) is 79.6 cm³/mol. The molecule has 0 spiro atoms. The molecule has 0 bridgehead atoms. The van der Waals surface area contributed by atoms with Crippen molar-refractivity contribution in [2.24, 2.45) is 5.92 Å². The number of hydrogen-bond donors (Lipinski definition) is 0. The van der Waals surface area contributed by atoms with E-state index in [-0.39, 0.29) is 0 Å². The number of hydrogen-bond acceptors (Lipinski definition) is 1. The van der Waals surface area contributed by atoms with E-state index in [2.05, 4.69) is 71.7 Å². The van der Waals surface area contributed by atoms with E-state index in [9.17, 15) is 0 Å². The summed E-state index contributed by atoms with van der Waals surface area (Å²) < 4.78 is 8.30. The van der Waals surface area contributed by atoms with Gasteiger partial charge in [0, 0.05) is 0 Å². The Kier molecular flexibility index (Phi) is 7.37. The number of benzene rings is 1. The van der Waals surface area contributed by atoms with Crippen LogP contribution in [0.3, 0.4) is 0 Å². The molecule has 0 aliphatic rings. The second-order valence-corrected chi connectivity index (χ2v) is 7.27. The standard InChI is InChI=1S/C13H17IOSe/c1-11(2)8-15-9-12(14)10-16-13-6-4-3-5-7-13/h3-7,10-11H,8-9H2,1-2H3/b12-10-. The van der Waals surface area contributed by atoms with Gasteiger partial charge in [0.1, 0.15) is 0 Å². The van der Waals surface area contributed by atoms with Gasteiger partial charge in [0.25, 0.3) is 0 Å². The van der Waals surface area contributed by atoms with E-state index in [0.717, 1.165) is 13.2 Å². The summed E-state index contributed by atoms with van der Waals surface area (Å²) in [6.45, 7) is 5.95. The maximum atomic E-state index is 5.58. The van der Waals surface area contributed by atoms with Gasteiger partial charge in [-0.25, -0.2) is 0 Å². The van der Waals surface area contributed by atoms with Gasteiger partial charge in [0.15, 0.2) is 0 Å². The van der Waals surface area contributed by atoms with E-state index in [1.54, 1.807) is 0 Å². The normalized spacial score (nSPS) is 12.1. The molecule has 0 aliphatic carbocycles. The Morgan fingerprint density at radius 2 is 2.06 bits per heavy atom. The minimum atomic E-state index is 0.430. The van der Waals surface area contributed by atoms with Gasteiger partial charge in [0.2, 0.25) is 0 Å². The summed E-state index contributed by atoms with van der Waals surface area (Å²) in [5.74, 6) is 0.615. The van der Waals surface area contributed by atoms with Crippen molar-refractivity contribution < 1.29 is 4.74 Å². The summed E-state index contributed by atoms with van der Waals surface area (Å²) in [5.41, 5.74) is 0. The first-order valence-electron chi connectivity index (χ1n) is 5.32. The van der Waals surface area contributed by atoms with Crippen LogP contribution in [0.5, 0.6) is 0 Å². The van der Waals surface area contributed by atoms with Gasteiger partial charge >= 0.3 is 119 Å². The van der Waals surface area contributed by atoms with E-state index in [1.807, 2.05) is 0 Å². The summed E-state index contributed by atoms with van der Waals surface area (Å²) in [6.07, 6.45) is 0. The van der Waals surface area contributed by atoms with Gasteiger partial charge in [-0.2, -0.15) is 0 Å². The van der Waals surface area contributed by atoms with Crippen molar-refractivity contribution in [3.63, 3.8) is 0 Å². The minimum absolute atomic E-state index is 0.430. The monoisotopic (exact) mass is 396 g/mol. The van der Waals surface area contributed by atoms with Crippen LogP contribution in [0.2, 0.25) is 0 Å². The second kappa shape index (κ2) is 8.29. The second-order valence-electron chi connectivity index (χ2n) is 3.90. The van der Waals surface area contributed by atoms with Gasteiger partial charge in [-0.05, 0) is 0 Å². The molecule has 88 valence electrons. The molecule has 0 N–H and O–H groups in total. The predicted octanol–water partition coefficient (Wildman–Crippen LogP) is 2.97. The molecule has 0 amide bonds. The zero-order valence-electron chi connectivity index (χ0n) is 9.65. The molecule has 1 aromatic carbocycles. The molecule has 1 rings (SSSR count). The average molecular weight is 395 g/mol. The third-order valence-electron chi connectivity index (χ3n) is 1.76. The average Bonchev–Trinajstić information content (AvgIpc) is 2.27. The Morgan fingerprint density at radius 3 is 2.69 bits per heavy atom. The SMILES string of the molecule is CC(C)COC/C(I)=C/[Se]c1ccccc1. The third kappa shape index (κ3) is 6.69. The molecular formula is C13H17IOSe. The molecule has 0 atom stereocenters. The van der Waals surface area contributed by atoms with Gasteiger partial charge in [-0.15, -0.1) is 0 Å². The van der Waals surface area contributed by atoms with Crippen molar-refractivity contribution in [2.45, 2.75) is 13.8 Å². The van der Waals surface area contributed by atoms with Crippen molar-refractivity contribution >= 4 is 42.0 Å². The Labute approximate surface area is 118 Å². The van der Waals surface area contributed by atoms with Crippen molar-refractivity contribution in [1.82, 2.24) is 0 Å². The maximum absolute atomic E-state index is 5.58. The molecule has 0 radical (unpaired) electrons. The molecule has 0 fully saturated rings. The molecule has 0 aromatic heterocycles.